The number of aryl methyl sites for hydroxylation is 1. The minimum absolute atomic E-state index is 0.106. The lowest BCUT2D eigenvalue weighted by Gasteiger charge is -2.15. The molecule has 26 heavy (non-hydrogen) atoms. The Morgan fingerprint density at radius 3 is 2.58 bits per heavy atom. The van der Waals surface area contributed by atoms with Gasteiger partial charge in [0.2, 0.25) is 0 Å². The fourth-order valence-corrected chi connectivity index (χ4v) is 2.70. The molecule has 0 radical (unpaired) electrons. The number of carbonyl (C=O) groups is 1. The third-order valence-electron chi connectivity index (χ3n) is 4.16. The summed E-state index contributed by atoms with van der Waals surface area (Å²) in [5.74, 6) is 0.542. The van der Waals surface area contributed by atoms with Gasteiger partial charge in [0.05, 0.1) is 11.0 Å². The highest BCUT2D eigenvalue weighted by atomic mass is 16.6. The molecule has 1 aromatic heterocycles. The van der Waals surface area contributed by atoms with Crippen molar-refractivity contribution < 1.29 is 9.72 Å². The zero-order valence-corrected chi connectivity index (χ0v) is 14.4. The van der Waals surface area contributed by atoms with Crippen molar-refractivity contribution in [1.82, 2.24) is 14.9 Å². The molecule has 0 spiro atoms. The van der Waals surface area contributed by atoms with Gasteiger partial charge in [0.25, 0.3) is 11.6 Å². The summed E-state index contributed by atoms with van der Waals surface area (Å²) >= 11 is 0. The molecular weight excluding hydrogens is 332 g/mol. The van der Waals surface area contributed by atoms with Gasteiger partial charge >= 0.3 is 0 Å². The summed E-state index contributed by atoms with van der Waals surface area (Å²) in [7, 11) is 0. The molecule has 0 aliphatic heterocycles. The number of non-ortho nitro benzene ring substituents is 1. The Morgan fingerprint density at radius 2 is 1.96 bits per heavy atom. The largest absolute Gasteiger partial charge is 0.346 e. The van der Waals surface area contributed by atoms with Crippen molar-refractivity contribution in [2.45, 2.75) is 19.9 Å². The number of benzene rings is 2. The van der Waals surface area contributed by atoms with Crippen LogP contribution in [-0.2, 0) is 0 Å². The number of nitrogens with one attached hydrogen (secondary N) is 1. The van der Waals surface area contributed by atoms with Gasteiger partial charge in [0.15, 0.2) is 0 Å². The molecule has 3 rings (SSSR count). The summed E-state index contributed by atoms with van der Waals surface area (Å²) < 4.78 is 1.97. The minimum atomic E-state index is -0.517. The number of rotatable bonds is 5. The maximum atomic E-state index is 12.4. The van der Waals surface area contributed by atoms with Crippen molar-refractivity contribution in [2.75, 3.05) is 0 Å². The smallest absolute Gasteiger partial charge is 0.270 e. The van der Waals surface area contributed by atoms with Crippen molar-refractivity contribution in [2.24, 2.45) is 0 Å². The standard InChI is InChI=1S/C19H18N4O3/c1-13(21-19(24)16-4-3-5-18(12-16)23(25)26)15-6-8-17(9-7-15)22-11-10-20-14(22)2/h3-13H,1-2H3,(H,21,24)/t13-/m0/s1. The van der Waals surface area contributed by atoms with E-state index in [-0.39, 0.29) is 23.2 Å². The van der Waals surface area contributed by atoms with Gasteiger partial charge in [-0.2, -0.15) is 0 Å². The van der Waals surface area contributed by atoms with Gasteiger partial charge in [0, 0.05) is 35.8 Å². The molecule has 1 N–H and O–H groups in total. The number of nitro benzene ring substituents is 1. The number of carbonyl (C=O) groups excluding carboxylic acids is 1. The Morgan fingerprint density at radius 1 is 1.23 bits per heavy atom. The number of nitrogens with zero attached hydrogens (tertiary/aromatic N) is 3. The average Bonchev–Trinajstić information content (AvgIpc) is 3.07. The summed E-state index contributed by atoms with van der Waals surface area (Å²) in [5, 5.41) is 13.7. The van der Waals surface area contributed by atoms with Crippen molar-refractivity contribution >= 4 is 11.6 Å². The molecule has 0 unspecified atom stereocenters. The van der Waals surface area contributed by atoms with Gasteiger partial charge in [-0.05, 0) is 37.6 Å². The van der Waals surface area contributed by atoms with Crippen LogP contribution in [0, 0.1) is 17.0 Å². The van der Waals surface area contributed by atoms with Crippen LogP contribution in [0.15, 0.2) is 60.9 Å². The number of hydrogen-bond donors (Lipinski definition) is 1. The highest BCUT2D eigenvalue weighted by Gasteiger charge is 2.14. The summed E-state index contributed by atoms with van der Waals surface area (Å²) in [6.45, 7) is 3.79. The normalized spacial score (nSPS) is 11.8. The second kappa shape index (κ2) is 7.18. The highest BCUT2D eigenvalue weighted by Crippen LogP contribution is 2.18. The van der Waals surface area contributed by atoms with Crippen LogP contribution in [0.1, 0.15) is 34.7 Å². The van der Waals surface area contributed by atoms with E-state index >= 15 is 0 Å². The van der Waals surface area contributed by atoms with Crippen LogP contribution in [0.25, 0.3) is 5.69 Å². The van der Waals surface area contributed by atoms with E-state index in [4.69, 9.17) is 0 Å². The fourth-order valence-electron chi connectivity index (χ4n) is 2.70. The quantitative estimate of drug-likeness (QED) is 0.562. The molecule has 132 valence electrons. The van der Waals surface area contributed by atoms with Gasteiger partial charge in [0.1, 0.15) is 5.82 Å². The second-order valence-corrected chi connectivity index (χ2v) is 5.94. The molecule has 1 heterocycles. The molecule has 1 amide bonds. The van der Waals surface area contributed by atoms with Crippen LogP contribution in [0.3, 0.4) is 0 Å². The third-order valence-corrected chi connectivity index (χ3v) is 4.16. The number of nitro groups is 1. The van der Waals surface area contributed by atoms with Crippen molar-refractivity contribution in [3.8, 4) is 5.69 Å². The Bertz CT molecular complexity index is 947. The van der Waals surface area contributed by atoms with Gasteiger partial charge in [-0.15, -0.1) is 0 Å². The first kappa shape index (κ1) is 17.3. The molecule has 1 atom stereocenters. The summed E-state index contributed by atoms with van der Waals surface area (Å²) in [6, 6.07) is 13.2. The monoisotopic (exact) mass is 350 g/mol. The van der Waals surface area contributed by atoms with E-state index in [1.54, 1.807) is 12.3 Å². The summed E-state index contributed by atoms with van der Waals surface area (Å²) in [5.41, 5.74) is 2.08. The first-order valence-corrected chi connectivity index (χ1v) is 8.11. The highest BCUT2D eigenvalue weighted by molar-refractivity contribution is 5.95. The predicted octanol–water partition coefficient (Wildman–Crippen LogP) is 3.58. The van der Waals surface area contributed by atoms with E-state index < -0.39 is 4.92 Å². The van der Waals surface area contributed by atoms with E-state index in [0.29, 0.717) is 0 Å². The molecular formula is C19H18N4O3. The zero-order chi connectivity index (χ0) is 18.7. The van der Waals surface area contributed by atoms with E-state index in [9.17, 15) is 14.9 Å². The number of hydrogen-bond acceptors (Lipinski definition) is 4. The first-order valence-electron chi connectivity index (χ1n) is 8.11. The SMILES string of the molecule is Cc1nccn1-c1ccc([C@H](C)NC(=O)c2cccc([N+](=O)[O-])c2)cc1. The van der Waals surface area contributed by atoms with Crippen LogP contribution < -0.4 is 5.32 Å². The minimum Gasteiger partial charge on any atom is -0.346 e. The zero-order valence-electron chi connectivity index (χ0n) is 14.4. The van der Waals surface area contributed by atoms with Gasteiger partial charge in [-0.1, -0.05) is 18.2 Å². The Hall–Kier alpha value is -3.48. The maximum Gasteiger partial charge on any atom is 0.270 e. The fraction of sp³-hybridized carbons (Fsp3) is 0.158. The molecule has 0 bridgehead atoms. The van der Waals surface area contributed by atoms with Crippen LogP contribution in [0.5, 0.6) is 0 Å². The Kier molecular flexibility index (Phi) is 4.79. The molecule has 2 aromatic carbocycles. The maximum absolute atomic E-state index is 12.4. The topological polar surface area (TPSA) is 90.1 Å². The predicted molar refractivity (Wildman–Crippen MR) is 97.3 cm³/mol. The van der Waals surface area contributed by atoms with Crippen LogP contribution in [-0.4, -0.2) is 20.4 Å². The second-order valence-electron chi connectivity index (χ2n) is 5.94. The first-order chi connectivity index (χ1) is 12.5. The van der Waals surface area contributed by atoms with Crippen molar-refractivity contribution in [1.29, 1.82) is 0 Å². The molecule has 0 aliphatic carbocycles. The van der Waals surface area contributed by atoms with Gasteiger partial charge < -0.3 is 9.88 Å². The lowest BCUT2D eigenvalue weighted by Crippen LogP contribution is -2.26. The van der Waals surface area contributed by atoms with Gasteiger partial charge in [-0.25, -0.2) is 4.98 Å². The molecule has 0 saturated carbocycles. The van der Waals surface area contributed by atoms with Crippen molar-refractivity contribution in [3.63, 3.8) is 0 Å². The van der Waals surface area contributed by atoms with Crippen LogP contribution >= 0.6 is 0 Å². The average molecular weight is 350 g/mol. The van der Waals surface area contributed by atoms with E-state index in [1.807, 2.05) is 48.9 Å². The molecule has 3 aromatic rings. The van der Waals surface area contributed by atoms with Crippen LogP contribution in [0.2, 0.25) is 0 Å². The number of aromatic nitrogens is 2. The lowest BCUT2D eigenvalue weighted by atomic mass is 10.1. The van der Waals surface area contributed by atoms with Crippen LogP contribution in [0.4, 0.5) is 5.69 Å². The Balaban J connectivity index is 1.72. The molecule has 0 fully saturated rings. The molecule has 0 saturated heterocycles. The summed E-state index contributed by atoms with van der Waals surface area (Å²) in [6.07, 6.45) is 3.63. The Labute approximate surface area is 150 Å². The number of imidazole rings is 1. The van der Waals surface area contributed by atoms with Gasteiger partial charge in [-0.3, -0.25) is 14.9 Å². The van der Waals surface area contributed by atoms with E-state index in [1.165, 1.54) is 18.2 Å². The van der Waals surface area contributed by atoms with E-state index in [0.717, 1.165) is 17.1 Å². The molecule has 7 heteroatoms. The molecule has 7 nitrogen and oxygen atoms in total. The number of amides is 1. The molecule has 0 aliphatic rings. The summed E-state index contributed by atoms with van der Waals surface area (Å²) in [4.78, 5) is 26.9. The van der Waals surface area contributed by atoms with E-state index in [2.05, 4.69) is 10.3 Å². The third kappa shape index (κ3) is 3.61. The van der Waals surface area contributed by atoms with Crippen molar-refractivity contribution in [3.05, 3.63) is 88.0 Å². The lowest BCUT2D eigenvalue weighted by molar-refractivity contribution is -0.384.